The number of alkyl halides is 3. The van der Waals surface area contributed by atoms with Crippen LogP contribution in [0.3, 0.4) is 0 Å². The lowest BCUT2D eigenvalue weighted by Crippen LogP contribution is -2.05. The Morgan fingerprint density at radius 2 is 2.00 bits per heavy atom. The Kier molecular flexibility index (Phi) is 7.83. The van der Waals surface area contributed by atoms with Crippen molar-refractivity contribution in [1.29, 1.82) is 0 Å². The molecule has 4 heteroatoms. The Hall–Kier alpha value is -1.97. The number of rotatable bonds is 8. The van der Waals surface area contributed by atoms with Crippen LogP contribution in [-0.2, 0) is 17.3 Å². The summed E-state index contributed by atoms with van der Waals surface area (Å²) in [6, 6.07) is 5.44. The summed E-state index contributed by atoms with van der Waals surface area (Å²) in [7, 11) is 0. The van der Waals surface area contributed by atoms with E-state index < -0.39 is 11.7 Å². The zero-order valence-electron chi connectivity index (χ0n) is 14.5. The molecule has 0 aliphatic rings. The molecule has 1 aromatic carbocycles. The molecule has 0 heterocycles. The summed E-state index contributed by atoms with van der Waals surface area (Å²) in [6.07, 6.45) is 2.52. The molecule has 1 rings (SSSR count). The van der Waals surface area contributed by atoms with Gasteiger partial charge in [-0.05, 0) is 55.0 Å². The summed E-state index contributed by atoms with van der Waals surface area (Å²) in [5.41, 5.74) is 1.14. The van der Waals surface area contributed by atoms with Gasteiger partial charge in [0.05, 0.1) is 12.2 Å². The normalized spacial score (nSPS) is 13.3. The van der Waals surface area contributed by atoms with E-state index in [1.807, 2.05) is 19.1 Å². The van der Waals surface area contributed by atoms with Gasteiger partial charge in [-0.1, -0.05) is 44.7 Å². The van der Waals surface area contributed by atoms with Crippen molar-refractivity contribution < 1.29 is 17.9 Å². The summed E-state index contributed by atoms with van der Waals surface area (Å²) in [6.45, 7) is 10.3. The van der Waals surface area contributed by atoms with E-state index in [4.69, 9.17) is 4.74 Å². The number of allylic oxidation sites excluding steroid dienone is 4. The van der Waals surface area contributed by atoms with Crippen molar-refractivity contribution in [3.63, 3.8) is 0 Å². The van der Waals surface area contributed by atoms with Crippen molar-refractivity contribution in [2.45, 2.75) is 39.8 Å². The van der Waals surface area contributed by atoms with Gasteiger partial charge in [-0.25, -0.2) is 0 Å². The van der Waals surface area contributed by atoms with Crippen LogP contribution in [0.4, 0.5) is 13.2 Å². The molecular weight excluding hydrogens is 313 g/mol. The molecule has 0 aliphatic carbocycles. The van der Waals surface area contributed by atoms with Gasteiger partial charge in [-0.3, -0.25) is 0 Å². The zero-order valence-corrected chi connectivity index (χ0v) is 14.5. The van der Waals surface area contributed by atoms with E-state index in [0.717, 1.165) is 17.4 Å². The van der Waals surface area contributed by atoms with Crippen molar-refractivity contribution in [1.82, 2.24) is 0 Å². The molecule has 132 valence electrons. The summed E-state index contributed by atoms with van der Waals surface area (Å²) >= 11 is 0. The quantitative estimate of drug-likeness (QED) is 0.306. The topological polar surface area (TPSA) is 9.23 Å². The van der Waals surface area contributed by atoms with E-state index in [2.05, 4.69) is 20.4 Å². The summed E-state index contributed by atoms with van der Waals surface area (Å²) in [5, 5.41) is 0. The molecule has 0 bridgehead atoms. The average molecular weight is 338 g/mol. The van der Waals surface area contributed by atoms with Gasteiger partial charge in [0.25, 0.3) is 0 Å². The number of benzene rings is 1. The van der Waals surface area contributed by atoms with Crippen molar-refractivity contribution in [3.05, 3.63) is 71.5 Å². The Morgan fingerprint density at radius 1 is 1.29 bits per heavy atom. The molecule has 24 heavy (non-hydrogen) atoms. The largest absolute Gasteiger partial charge is 0.494 e. The molecule has 0 unspecified atom stereocenters. The monoisotopic (exact) mass is 338 g/mol. The first-order valence-electron chi connectivity index (χ1n) is 8.07. The average Bonchev–Trinajstić information content (AvgIpc) is 2.53. The lowest BCUT2D eigenvalue weighted by molar-refractivity contribution is -0.137. The van der Waals surface area contributed by atoms with Crippen LogP contribution in [-0.4, -0.2) is 6.61 Å². The summed E-state index contributed by atoms with van der Waals surface area (Å²) in [4.78, 5) is 0. The molecule has 0 N–H and O–H groups in total. The minimum Gasteiger partial charge on any atom is -0.494 e. The fourth-order valence-corrected chi connectivity index (χ4v) is 2.20. The van der Waals surface area contributed by atoms with Gasteiger partial charge < -0.3 is 4.74 Å². The van der Waals surface area contributed by atoms with Crippen molar-refractivity contribution >= 4 is 0 Å². The summed E-state index contributed by atoms with van der Waals surface area (Å²) in [5.74, 6) is 1.11. The molecule has 0 fully saturated rings. The fourth-order valence-electron chi connectivity index (χ4n) is 2.20. The van der Waals surface area contributed by atoms with Crippen LogP contribution in [0.15, 0.2) is 60.4 Å². The molecule has 0 aliphatic heterocycles. The van der Waals surface area contributed by atoms with Gasteiger partial charge in [-0.15, -0.1) is 0 Å². The third kappa shape index (κ3) is 6.65. The Bertz CT molecular complexity index is 595. The molecule has 0 radical (unpaired) electrons. The second-order valence-electron chi connectivity index (χ2n) is 5.84. The van der Waals surface area contributed by atoms with Crippen LogP contribution >= 0.6 is 0 Å². The van der Waals surface area contributed by atoms with E-state index in [1.54, 1.807) is 12.1 Å². The van der Waals surface area contributed by atoms with E-state index in [9.17, 15) is 13.2 Å². The predicted octanol–water partition coefficient (Wildman–Crippen LogP) is 6.33. The first-order chi connectivity index (χ1) is 11.3. The third-order valence-electron chi connectivity index (χ3n) is 3.63. The second-order valence-corrected chi connectivity index (χ2v) is 5.84. The number of hydrogen-bond acceptors (Lipinski definition) is 1. The number of ether oxygens (including phenoxy) is 1. The van der Waals surface area contributed by atoms with Crippen LogP contribution in [0.2, 0.25) is 0 Å². The Labute approximate surface area is 142 Å². The maximum Gasteiger partial charge on any atom is 0.416 e. The molecule has 1 nitrogen and oxygen atoms in total. The van der Waals surface area contributed by atoms with Gasteiger partial charge in [0, 0.05) is 0 Å². The van der Waals surface area contributed by atoms with E-state index >= 15 is 0 Å². The predicted molar refractivity (Wildman–Crippen MR) is 92.6 cm³/mol. The van der Waals surface area contributed by atoms with Crippen LogP contribution in [0.25, 0.3) is 0 Å². The smallest absolute Gasteiger partial charge is 0.416 e. The molecule has 0 saturated carbocycles. The fraction of sp³-hybridized carbons (Fsp3) is 0.400. The van der Waals surface area contributed by atoms with Crippen molar-refractivity contribution in [2.75, 3.05) is 6.61 Å². The Balaban J connectivity index is 2.55. The molecule has 0 amide bonds. The van der Waals surface area contributed by atoms with E-state index in [-0.39, 0.29) is 0 Å². The van der Waals surface area contributed by atoms with Gasteiger partial charge in [0.15, 0.2) is 0 Å². The first-order valence-corrected chi connectivity index (χ1v) is 8.07. The van der Waals surface area contributed by atoms with Crippen LogP contribution in [0.1, 0.15) is 38.3 Å². The minimum atomic E-state index is -4.30. The number of hydrogen-bond donors (Lipinski definition) is 0. The third-order valence-corrected chi connectivity index (χ3v) is 3.63. The van der Waals surface area contributed by atoms with Crippen LogP contribution < -0.4 is 0 Å². The van der Waals surface area contributed by atoms with Gasteiger partial charge in [0.1, 0.15) is 5.76 Å². The lowest BCUT2D eigenvalue weighted by Gasteiger charge is -2.11. The number of aryl methyl sites for hydroxylation is 1. The molecular formula is C20H25F3O. The highest BCUT2D eigenvalue weighted by atomic mass is 19.4. The van der Waals surface area contributed by atoms with Crippen LogP contribution in [0, 0.1) is 5.92 Å². The van der Waals surface area contributed by atoms with Crippen molar-refractivity contribution in [2.24, 2.45) is 5.92 Å². The highest BCUT2D eigenvalue weighted by Gasteiger charge is 2.30. The molecule has 0 saturated heterocycles. The SMILES string of the molecule is C=C/C(=C\C(=C/C)OCCCc1cccc(C(F)(F)F)c1)C(C)C. The minimum absolute atomic E-state index is 0.353. The highest BCUT2D eigenvalue weighted by Crippen LogP contribution is 2.29. The molecule has 0 atom stereocenters. The summed E-state index contributed by atoms with van der Waals surface area (Å²) < 4.78 is 43.8. The van der Waals surface area contributed by atoms with Gasteiger partial charge in [-0.2, -0.15) is 13.2 Å². The maximum atomic E-state index is 12.7. The highest BCUT2D eigenvalue weighted by molar-refractivity contribution is 5.27. The molecule has 0 aromatic heterocycles. The Morgan fingerprint density at radius 3 is 2.54 bits per heavy atom. The van der Waals surface area contributed by atoms with Gasteiger partial charge >= 0.3 is 6.18 Å². The van der Waals surface area contributed by atoms with Gasteiger partial charge in [0.2, 0.25) is 0 Å². The van der Waals surface area contributed by atoms with E-state index in [1.165, 1.54) is 12.1 Å². The van der Waals surface area contributed by atoms with E-state index in [0.29, 0.717) is 30.9 Å². The van der Waals surface area contributed by atoms with Crippen LogP contribution in [0.5, 0.6) is 0 Å². The lowest BCUT2D eigenvalue weighted by atomic mass is 10.0. The molecule has 0 spiro atoms. The maximum absolute atomic E-state index is 12.7. The zero-order chi connectivity index (χ0) is 18.2. The standard InChI is InChI=1S/C20H25F3O/c1-5-17(15(3)4)14-19(6-2)24-12-8-10-16-9-7-11-18(13-16)20(21,22)23/h5-7,9,11,13-15H,1,8,10,12H2,2-4H3/b17-14+,19-6+. The van der Waals surface area contributed by atoms with Crippen molar-refractivity contribution in [3.8, 4) is 0 Å². The second kappa shape index (κ2) is 9.36. The molecule has 1 aromatic rings. The first kappa shape index (κ1) is 20.1. The number of halogens is 3.